The topological polar surface area (TPSA) is 41.9 Å². The lowest BCUT2D eigenvalue weighted by Crippen LogP contribution is -2.25. The molecule has 180 valence electrons. The van der Waals surface area contributed by atoms with E-state index in [1.165, 1.54) is 13.0 Å². The van der Waals surface area contributed by atoms with Gasteiger partial charge in [0.05, 0.1) is 14.9 Å². The van der Waals surface area contributed by atoms with Gasteiger partial charge in [0.15, 0.2) is 23.3 Å². The third kappa shape index (κ3) is 4.90. The Morgan fingerprint density at radius 2 is 1.57 bits per heavy atom. The number of benzene rings is 3. The molecule has 0 atom stereocenters. The van der Waals surface area contributed by atoms with Crippen LogP contribution in [0.1, 0.15) is 18.1 Å². The van der Waals surface area contributed by atoms with Crippen LogP contribution in [0, 0.1) is 32.7 Å². The van der Waals surface area contributed by atoms with E-state index in [0.717, 1.165) is 5.56 Å². The molecule has 1 aliphatic heterocycles. The summed E-state index contributed by atoms with van der Waals surface area (Å²) in [5.74, 6) is -11.4. The highest BCUT2D eigenvalue weighted by atomic mass is 127. The second-order valence-corrected chi connectivity index (χ2v) is 8.98. The number of carbonyl (C=O) groups is 1. The van der Waals surface area contributed by atoms with E-state index >= 15 is 0 Å². The van der Waals surface area contributed by atoms with Gasteiger partial charge in [0.25, 0.3) is 5.91 Å². The van der Waals surface area contributed by atoms with Crippen LogP contribution in [0.4, 0.5) is 27.6 Å². The fourth-order valence-electron chi connectivity index (χ4n) is 3.25. The van der Waals surface area contributed by atoms with Gasteiger partial charge in [-0.2, -0.15) is 10.1 Å². The van der Waals surface area contributed by atoms with E-state index < -0.39 is 40.7 Å². The summed E-state index contributed by atoms with van der Waals surface area (Å²) < 4.78 is 75.5. The van der Waals surface area contributed by atoms with E-state index in [0.29, 0.717) is 26.5 Å². The largest absolute Gasteiger partial charge is 0.488 e. The van der Waals surface area contributed by atoms with Gasteiger partial charge in [0.2, 0.25) is 5.82 Å². The molecule has 4 rings (SSSR count). The number of amides is 1. The molecule has 1 amide bonds. The van der Waals surface area contributed by atoms with Gasteiger partial charge in [0.1, 0.15) is 18.0 Å². The minimum atomic E-state index is -2.32. The maximum absolute atomic E-state index is 14.2. The zero-order valence-electron chi connectivity index (χ0n) is 17.7. The molecule has 4 nitrogen and oxygen atoms in total. The van der Waals surface area contributed by atoms with Crippen molar-refractivity contribution >= 4 is 57.6 Å². The molecule has 0 unspecified atom stereocenters. The van der Waals surface area contributed by atoms with E-state index in [1.807, 2.05) is 34.7 Å². The fraction of sp³-hybridized carbons (Fsp3) is 0.0833. The minimum Gasteiger partial charge on any atom is -0.488 e. The maximum atomic E-state index is 14.2. The van der Waals surface area contributed by atoms with Gasteiger partial charge in [-0.3, -0.25) is 4.79 Å². The van der Waals surface area contributed by atoms with Crippen LogP contribution in [-0.2, 0) is 11.4 Å². The van der Waals surface area contributed by atoms with Crippen LogP contribution in [0.2, 0.25) is 5.02 Å². The molecule has 0 aliphatic carbocycles. The number of halogens is 7. The molecule has 0 N–H and O–H groups in total. The Balaban J connectivity index is 1.58. The van der Waals surface area contributed by atoms with Gasteiger partial charge in [-0.05, 0) is 71.0 Å². The standard InChI is InChI=1S/C24H13ClF5IN2O2/c1-11-15(24(34)33(32-11)23-21(29)19(27)18(26)20(28)22(23)30)8-13-4-7-17(16(31)9-13)35-10-12-2-5-14(25)6-3-12/h2-9H,10H2,1H3/b15-8+. The maximum Gasteiger partial charge on any atom is 0.280 e. The first kappa shape index (κ1) is 25.1. The molecule has 3 aromatic rings. The van der Waals surface area contributed by atoms with Crippen molar-refractivity contribution in [2.45, 2.75) is 13.5 Å². The molecule has 35 heavy (non-hydrogen) atoms. The van der Waals surface area contributed by atoms with Crippen LogP contribution in [0.15, 0.2) is 53.1 Å². The Morgan fingerprint density at radius 3 is 2.17 bits per heavy atom. The van der Waals surface area contributed by atoms with Gasteiger partial charge < -0.3 is 4.74 Å². The Bertz CT molecular complexity index is 1380. The number of carbonyl (C=O) groups excluding carboxylic acids is 1. The van der Waals surface area contributed by atoms with Crippen molar-refractivity contribution in [2.75, 3.05) is 5.01 Å². The highest BCUT2D eigenvalue weighted by Gasteiger charge is 2.37. The average Bonchev–Trinajstić information content (AvgIpc) is 3.10. The van der Waals surface area contributed by atoms with Gasteiger partial charge in [-0.15, -0.1) is 0 Å². The van der Waals surface area contributed by atoms with Gasteiger partial charge in [-0.1, -0.05) is 29.8 Å². The minimum absolute atomic E-state index is 0.0389. The summed E-state index contributed by atoms with van der Waals surface area (Å²) in [4.78, 5) is 12.8. The molecule has 0 fully saturated rings. The van der Waals surface area contributed by atoms with Crippen molar-refractivity contribution in [1.82, 2.24) is 0 Å². The van der Waals surface area contributed by atoms with Crippen LogP contribution in [-0.4, -0.2) is 11.6 Å². The Kier molecular flexibility index (Phi) is 7.13. The normalized spacial score (nSPS) is 14.6. The van der Waals surface area contributed by atoms with Gasteiger partial charge in [0, 0.05) is 5.02 Å². The second-order valence-electron chi connectivity index (χ2n) is 7.38. The third-order valence-corrected chi connectivity index (χ3v) is 6.13. The highest BCUT2D eigenvalue weighted by molar-refractivity contribution is 14.1. The number of anilines is 1. The summed E-state index contributed by atoms with van der Waals surface area (Å²) >= 11 is 7.92. The Morgan fingerprint density at radius 1 is 0.971 bits per heavy atom. The monoisotopic (exact) mass is 618 g/mol. The van der Waals surface area contributed by atoms with E-state index in [-0.39, 0.29) is 16.3 Å². The zero-order chi connectivity index (χ0) is 25.4. The molecule has 11 heteroatoms. The van der Waals surface area contributed by atoms with Crippen molar-refractivity contribution in [3.63, 3.8) is 0 Å². The van der Waals surface area contributed by atoms with Gasteiger partial charge in [-0.25, -0.2) is 22.0 Å². The number of hydrazone groups is 1. The summed E-state index contributed by atoms with van der Waals surface area (Å²) in [5, 5.41) is 4.50. The molecule has 0 bridgehead atoms. The van der Waals surface area contributed by atoms with E-state index in [4.69, 9.17) is 16.3 Å². The van der Waals surface area contributed by atoms with Crippen LogP contribution in [0.25, 0.3) is 6.08 Å². The molecule has 0 aromatic heterocycles. The van der Waals surface area contributed by atoms with Gasteiger partial charge >= 0.3 is 0 Å². The summed E-state index contributed by atoms with van der Waals surface area (Å²) in [6.45, 7) is 1.68. The number of hydrogen-bond acceptors (Lipinski definition) is 3. The van der Waals surface area contributed by atoms with Crippen LogP contribution >= 0.6 is 34.2 Å². The predicted octanol–water partition coefficient (Wildman–Crippen LogP) is 7.03. The van der Waals surface area contributed by atoms with Crippen molar-refractivity contribution in [2.24, 2.45) is 5.10 Å². The molecule has 0 saturated heterocycles. The number of ether oxygens (including phenoxy) is 1. The highest BCUT2D eigenvalue weighted by Crippen LogP contribution is 2.34. The SMILES string of the molecule is CC1=NN(c2c(F)c(F)c(F)c(F)c2F)C(=O)/C1=C/c1ccc(OCc2ccc(Cl)cc2)c(I)c1. The fourth-order valence-corrected chi connectivity index (χ4v) is 4.07. The number of rotatable bonds is 5. The van der Waals surface area contributed by atoms with Crippen LogP contribution in [0.3, 0.4) is 0 Å². The van der Waals surface area contributed by atoms with Crippen molar-refractivity contribution in [3.05, 3.63) is 96.8 Å². The van der Waals surface area contributed by atoms with Crippen molar-refractivity contribution in [1.29, 1.82) is 0 Å². The first-order chi connectivity index (χ1) is 16.6. The summed E-state index contributed by atoms with van der Waals surface area (Å²) in [5.41, 5.74) is -0.0234. The Labute approximate surface area is 214 Å². The zero-order valence-corrected chi connectivity index (χ0v) is 20.6. The molecule has 1 aliphatic rings. The molecule has 0 radical (unpaired) electrons. The van der Waals surface area contributed by atoms with Crippen molar-refractivity contribution < 1.29 is 31.5 Å². The summed E-state index contributed by atoms with van der Waals surface area (Å²) in [7, 11) is 0. The van der Waals surface area contributed by atoms with E-state index in [1.54, 1.807) is 30.3 Å². The smallest absolute Gasteiger partial charge is 0.280 e. The lowest BCUT2D eigenvalue weighted by molar-refractivity contribution is -0.114. The van der Waals surface area contributed by atoms with E-state index in [9.17, 15) is 26.7 Å². The quantitative estimate of drug-likeness (QED) is 0.101. The lowest BCUT2D eigenvalue weighted by atomic mass is 10.1. The first-order valence-electron chi connectivity index (χ1n) is 9.88. The third-order valence-electron chi connectivity index (χ3n) is 5.04. The molecular formula is C24H13ClF5IN2O2. The number of nitrogens with zero attached hydrogens (tertiary/aromatic N) is 2. The first-order valence-corrected chi connectivity index (χ1v) is 11.3. The Hall–Kier alpha value is -2.99. The van der Waals surface area contributed by atoms with Crippen LogP contribution in [0.5, 0.6) is 5.75 Å². The average molecular weight is 619 g/mol. The number of hydrogen-bond donors (Lipinski definition) is 0. The molecular weight excluding hydrogens is 606 g/mol. The molecule has 3 aromatic carbocycles. The predicted molar refractivity (Wildman–Crippen MR) is 130 cm³/mol. The second kappa shape index (κ2) is 9.94. The van der Waals surface area contributed by atoms with Crippen LogP contribution < -0.4 is 9.75 Å². The summed E-state index contributed by atoms with van der Waals surface area (Å²) in [6, 6.07) is 12.2. The van der Waals surface area contributed by atoms with E-state index in [2.05, 4.69) is 5.10 Å². The summed E-state index contributed by atoms with van der Waals surface area (Å²) in [6.07, 6.45) is 1.40. The molecule has 1 heterocycles. The lowest BCUT2D eigenvalue weighted by Gasteiger charge is -2.15. The molecule has 0 saturated carbocycles. The molecule has 0 spiro atoms. The van der Waals surface area contributed by atoms with Crippen molar-refractivity contribution in [3.8, 4) is 5.75 Å².